The zero-order chi connectivity index (χ0) is 21.9. The van der Waals surface area contributed by atoms with Crippen LogP contribution in [0.1, 0.15) is 42.0 Å². The van der Waals surface area contributed by atoms with E-state index in [1.165, 1.54) is 11.1 Å². The van der Waals surface area contributed by atoms with Crippen LogP contribution in [-0.2, 0) is 16.6 Å². The molecule has 7 heteroatoms. The predicted molar refractivity (Wildman–Crippen MR) is 115 cm³/mol. The number of nitrogens with one attached hydrogen (secondary N) is 1. The lowest BCUT2D eigenvalue weighted by Crippen LogP contribution is -2.54. The standard InChI is InChI=1S/C23H32N4O3/c1-16-7-6-8-19(13-16)23(4,5)15-24-22(29)27-11-9-26(10-12-27)21(28)14-20-17(2)25-30-18(20)3/h6-8,13H,9-12,14-15H2,1-5H3,(H,24,29). The Morgan fingerprint density at radius 1 is 1.10 bits per heavy atom. The molecule has 0 spiro atoms. The van der Waals surface area contributed by atoms with Crippen LogP contribution in [0.4, 0.5) is 4.79 Å². The number of rotatable bonds is 5. The first kappa shape index (κ1) is 21.9. The van der Waals surface area contributed by atoms with Crippen molar-refractivity contribution < 1.29 is 14.1 Å². The second-order valence-corrected chi connectivity index (χ2v) is 8.76. The zero-order valence-electron chi connectivity index (χ0n) is 18.6. The maximum absolute atomic E-state index is 12.7. The summed E-state index contributed by atoms with van der Waals surface area (Å²) in [7, 11) is 0. The van der Waals surface area contributed by atoms with Crippen molar-refractivity contribution in [2.24, 2.45) is 0 Å². The van der Waals surface area contributed by atoms with E-state index in [-0.39, 0.29) is 23.8 Å². The second kappa shape index (κ2) is 8.90. The van der Waals surface area contributed by atoms with Gasteiger partial charge in [0.1, 0.15) is 5.76 Å². The van der Waals surface area contributed by atoms with E-state index < -0.39 is 0 Å². The predicted octanol–water partition coefficient (Wildman–Crippen LogP) is 2.97. The number of urea groups is 1. The molecule has 1 fully saturated rings. The summed E-state index contributed by atoms with van der Waals surface area (Å²) in [6.07, 6.45) is 0.290. The summed E-state index contributed by atoms with van der Waals surface area (Å²) >= 11 is 0. The van der Waals surface area contributed by atoms with Gasteiger partial charge in [-0.2, -0.15) is 0 Å². The smallest absolute Gasteiger partial charge is 0.317 e. The largest absolute Gasteiger partial charge is 0.361 e. The van der Waals surface area contributed by atoms with E-state index >= 15 is 0 Å². The van der Waals surface area contributed by atoms with Crippen LogP contribution >= 0.6 is 0 Å². The molecule has 1 aliphatic rings. The van der Waals surface area contributed by atoms with Crippen molar-refractivity contribution in [3.63, 3.8) is 0 Å². The lowest BCUT2D eigenvalue weighted by molar-refractivity contribution is -0.131. The number of hydrogen-bond donors (Lipinski definition) is 1. The molecule has 162 valence electrons. The maximum Gasteiger partial charge on any atom is 0.317 e. The van der Waals surface area contributed by atoms with Gasteiger partial charge in [0.2, 0.25) is 5.91 Å². The Morgan fingerprint density at radius 2 is 1.77 bits per heavy atom. The summed E-state index contributed by atoms with van der Waals surface area (Å²) in [4.78, 5) is 28.9. The van der Waals surface area contributed by atoms with Crippen molar-refractivity contribution in [1.82, 2.24) is 20.3 Å². The maximum atomic E-state index is 12.7. The molecule has 0 aliphatic carbocycles. The molecule has 3 amide bonds. The molecule has 1 aliphatic heterocycles. The highest BCUT2D eigenvalue weighted by atomic mass is 16.5. The molecule has 0 unspecified atom stereocenters. The Bertz CT molecular complexity index is 891. The average Bonchev–Trinajstić information content (AvgIpc) is 3.04. The van der Waals surface area contributed by atoms with E-state index in [9.17, 15) is 9.59 Å². The average molecular weight is 413 g/mol. The molecular formula is C23H32N4O3. The van der Waals surface area contributed by atoms with Crippen LogP contribution in [0.25, 0.3) is 0 Å². The number of hydrogen-bond acceptors (Lipinski definition) is 4. The number of benzene rings is 1. The quantitative estimate of drug-likeness (QED) is 0.819. The van der Waals surface area contributed by atoms with Crippen molar-refractivity contribution in [2.45, 2.75) is 46.5 Å². The van der Waals surface area contributed by atoms with E-state index in [4.69, 9.17) is 4.52 Å². The molecule has 1 N–H and O–H groups in total. The number of nitrogens with zero attached hydrogens (tertiary/aromatic N) is 3. The van der Waals surface area contributed by atoms with Gasteiger partial charge in [-0.05, 0) is 26.3 Å². The molecule has 0 saturated carbocycles. The monoisotopic (exact) mass is 412 g/mol. The van der Waals surface area contributed by atoms with Crippen LogP contribution in [0.2, 0.25) is 0 Å². The second-order valence-electron chi connectivity index (χ2n) is 8.76. The van der Waals surface area contributed by atoms with Gasteiger partial charge in [-0.3, -0.25) is 4.79 Å². The molecule has 30 heavy (non-hydrogen) atoms. The summed E-state index contributed by atoms with van der Waals surface area (Å²) in [6.45, 7) is 12.7. The van der Waals surface area contributed by atoms with Gasteiger partial charge < -0.3 is 19.6 Å². The molecule has 2 aromatic rings. The fraction of sp³-hybridized carbons (Fsp3) is 0.522. The minimum absolute atomic E-state index is 0.0463. The molecule has 1 aromatic carbocycles. The van der Waals surface area contributed by atoms with Gasteiger partial charge in [0.25, 0.3) is 0 Å². The van der Waals surface area contributed by atoms with Gasteiger partial charge in [-0.25, -0.2) is 4.79 Å². The van der Waals surface area contributed by atoms with Crippen molar-refractivity contribution >= 4 is 11.9 Å². The van der Waals surface area contributed by atoms with Crippen molar-refractivity contribution in [3.8, 4) is 0 Å². The zero-order valence-corrected chi connectivity index (χ0v) is 18.6. The Kier molecular flexibility index (Phi) is 6.48. The van der Waals surface area contributed by atoms with Crippen LogP contribution in [0.3, 0.4) is 0 Å². The van der Waals surface area contributed by atoms with Crippen LogP contribution in [0.5, 0.6) is 0 Å². The Labute approximate surface area is 178 Å². The molecule has 7 nitrogen and oxygen atoms in total. The summed E-state index contributed by atoms with van der Waals surface area (Å²) in [5.74, 6) is 0.736. The fourth-order valence-electron chi connectivity index (χ4n) is 3.75. The summed E-state index contributed by atoms with van der Waals surface area (Å²) in [5.41, 5.74) is 3.88. The van der Waals surface area contributed by atoms with E-state index in [1.54, 1.807) is 4.90 Å². The number of aryl methyl sites for hydroxylation is 3. The normalized spacial score (nSPS) is 14.7. The third kappa shape index (κ3) is 5.01. The van der Waals surface area contributed by atoms with Gasteiger partial charge in [0.05, 0.1) is 12.1 Å². The summed E-state index contributed by atoms with van der Waals surface area (Å²) in [6, 6.07) is 8.31. The van der Waals surface area contributed by atoms with Gasteiger partial charge in [-0.1, -0.05) is 48.8 Å². The SMILES string of the molecule is Cc1cccc(C(C)(C)CNC(=O)N2CCN(C(=O)Cc3c(C)noc3C)CC2)c1. The molecule has 0 bridgehead atoms. The minimum atomic E-state index is -0.159. The van der Waals surface area contributed by atoms with Crippen molar-refractivity contribution in [3.05, 3.63) is 52.4 Å². The Balaban J connectivity index is 1.48. The lowest BCUT2D eigenvalue weighted by Gasteiger charge is -2.35. The fourth-order valence-corrected chi connectivity index (χ4v) is 3.75. The molecule has 1 saturated heterocycles. The molecule has 1 aromatic heterocycles. The molecule has 0 radical (unpaired) electrons. The first-order valence-corrected chi connectivity index (χ1v) is 10.5. The van der Waals surface area contributed by atoms with E-state index in [2.05, 4.69) is 49.4 Å². The molecule has 0 atom stereocenters. The number of amides is 3. The third-order valence-electron chi connectivity index (χ3n) is 5.91. The van der Waals surface area contributed by atoms with Gasteiger partial charge in [0.15, 0.2) is 0 Å². The molecular weight excluding hydrogens is 380 g/mol. The van der Waals surface area contributed by atoms with Crippen molar-refractivity contribution in [2.75, 3.05) is 32.7 Å². The molecule has 3 rings (SSSR count). The number of aromatic nitrogens is 1. The molecule has 2 heterocycles. The van der Waals surface area contributed by atoms with Crippen molar-refractivity contribution in [1.29, 1.82) is 0 Å². The van der Waals surface area contributed by atoms with Gasteiger partial charge in [0, 0.05) is 43.7 Å². The lowest BCUT2D eigenvalue weighted by atomic mass is 9.84. The van der Waals surface area contributed by atoms with E-state index in [0.29, 0.717) is 38.5 Å². The number of piperazine rings is 1. The van der Waals surface area contributed by atoms with Crippen LogP contribution in [0, 0.1) is 20.8 Å². The third-order valence-corrected chi connectivity index (χ3v) is 5.91. The van der Waals surface area contributed by atoms with Crippen LogP contribution < -0.4 is 5.32 Å². The first-order chi connectivity index (χ1) is 14.2. The minimum Gasteiger partial charge on any atom is -0.361 e. The highest BCUT2D eigenvalue weighted by molar-refractivity contribution is 5.80. The number of carbonyl (C=O) groups is 2. The highest BCUT2D eigenvalue weighted by Crippen LogP contribution is 2.23. The summed E-state index contributed by atoms with van der Waals surface area (Å²) < 4.78 is 5.14. The Morgan fingerprint density at radius 3 is 2.37 bits per heavy atom. The van der Waals surface area contributed by atoms with Gasteiger partial charge >= 0.3 is 6.03 Å². The van der Waals surface area contributed by atoms with E-state index in [1.807, 2.05) is 24.8 Å². The van der Waals surface area contributed by atoms with E-state index in [0.717, 1.165) is 11.3 Å². The van der Waals surface area contributed by atoms with Crippen LogP contribution in [-0.4, -0.2) is 59.6 Å². The topological polar surface area (TPSA) is 78.7 Å². The highest BCUT2D eigenvalue weighted by Gasteiger charge is 2.27. The first-order valence-electron chi connectivity index (χ1n) is 10.5. The number of carbonyl (C=O) groups excluding carboxylic acids is 2. The summed E-state index contributed by atoms with van der Waals surface area (Å²) in [5, 5.41) is 6.98. The Hall–Kier alpha value is -2.83. The van der Waals surface area contributed by atoms with Crippen LogP contribution in [0.15, 0.2) is 28.8 Å². The van der Waals surface area contributed by atoms with Gasteiger partial charge in [-0.15, -0.1) is 0 Å².